The topological polar surface area (TPSA) is 56.3 Å². The van der Waals surface area contributed by atoms with E-state index in [2.05, 4.69) is 16.9 Å². The van der Waals surface area contributed by atoms with Gasteiger partial charge in [-0.2, -0.15) is 5.10 Å². The van der Waals surface area contributed by atoms with E-state index in [0.717, 1.165) is 44.2 Å². The molecular weight excluding hydrogens is 204 g/mol. The lowest BCUT2D eigenvalue weighted by Crippen LogP contribution is -2.45. The molecule has 0 aromatic carbocycles. The number of nitrogen functional groups attached to an aromatic ring is 1. The summed E-state index contributed by atoms with van der Waals surface area (Å²) in [6.07, 6.45) is 1.72. The molecule has 5 nitrogen and oxygen atoms in total. The smallest absolute Gasteiger partial charge is 0.0730 e. The van der Waals surface area contributed by atoms with Crippen molar-refractivity contribution in [2.45, 2.75) is 26.4 Å². The maximum atomic E-state index is 5.76. The van der Waals surface area contributed by atoms with Crippen LogP contribution in [0.5, 0.6) is 0 Å². The molecule has 0 saturated carbocycles. The van der Waals surface area contributed by atoms with E-state index in [1.807, 2.05) is 11.6 Å². The number of nitrogens with zero attached hydrogens (tertiary/aromatic N) is 3. The number of morpholine rings is 1. The van der Waals surface area contributed by atoms with Crippen LogP contribution in [0.3, 0.4) is 0 Å². The highest BCUT2D eigenvalue weighted by Gasteiger charge is 2.18. The summed E-state index contributed by atoms with van der Waals surface area (Å²) in [6.45, 7) is 8.79. The summed E-state index contributed by atoms with van der Waals surface area (Å²) < 4.78 is 7.38. The van der Waals surface area contributed by atoms with Crippen LogP contribution in [0.2, 0.25) is 0 Å². The largest absolute Gasteiger partial charge is 0.396 e. The lowest BCUT2D eigenvalue weighted by atomic mass is 10.2. The molecule has 0 bridgehead atoms. The SMILES string of the molecule is Cc1c(N)cnn1CCN1CCOC[C@@H]1C. The van der Waals surface area contributed by atoms with Crippen LogP contribution in [0.15, 0.2) is 6.20 Å². The Morgan fingerprint density at radius 2 is 2.38 bits per heavy atom. The molecule has 2 N–H and O–H groups in total. The Morgan fingerprint density at radius 3 is 3.00 bits per heavy atom. The van der Waals surface area contributed by atoms with Gasteiger partial charge in [-0.25, -0.2) is 0 Å². The fourth-order valence-corrected chi connectivity index (χ4v) is 2.00. The summed E-state index contributed by atoms with van der Waals surface area (Å²) in [5.41, 5.74) is 7.59. The molecule has 0 spiro atoms. The van der Waals surface area contributed by atoms with Crippen LogP contribution < -0.4 is 5.73 Å². The van der Waals surface area contributed by atoms with Crippen LogP contribution in [0.1, 0.15) is 12.6 Å². The molecular formula is C11H20N4O. The van der Waals surface area contributed by atoms with Crippen LogP contribution in [0.4, 0.5) is 5.69 Å². The molecule has 1 aromatic heterocycles. The molecule has 1 aromatic rings. The molecule has 1 atom stereocenters. The maximum absolute atomic E-state index is 5.76. The number of hydrogen-bond acceptors (Lipinski definition) is 4. The number of hydrogen-bond donors (Lipinski definition) is 1. The van der Waals surface area contributed by atoms with E-state index >= 15 is 0 Å². The van der Waals surface area contributed by atoms with Gasteiger partial charge in [0, 0.05) is 19.1 Å². The third kappa shape index (κ3) is 2.36. The van der Waals surface area contributed by atoms with Crippen molar-refractivity contribution < 1.29 is 4.74 Å². The first-order valence-corrected chi connectivity index (χ1v) is 5.78. The van der Waals surface area contributed by atoms with E-state index in [1.165, 1.54) is 0 Å². The van der Waals surface area contributed by atoms with Gasteiger partial charge < -0.3 is 10.5 Å². The van der Waals surface area contributed by atoms with Crippen molar-refractivity contribution in [2.24, 2.45) is 0 Å². The van der Waals surface area contributed by atoms with Gasteiger partial charge in [0.05, 0.1) is 37.3 Å². The normalized spacial score (nSPS) is 22.5. The van der Waals surface area contributed by atoms with Crippen molar-refractivity contribution >= 4 is 5.69 Å². The first-order chi connectivity index (χ1) is 7.68. The fourth-order valence-electron chi connectivity index (χ4n) is 2.00. The summed E-state index contributed by atoms with van der Waals surface area (Å²) in [4.78, 5) is 2.43. The zero-order chi connectivity index (χ0) is 11.5. The van der Waals surface area contributed by atoms with Crippen molar-refractivity contribution in [2.75, 3.05) is 32.0 Å². The Morgan fingerprint density at radius 1 is 1.56 bits per heavy atom. The van der Waals surface area contributed by atoms with E-state index in [9.17, 15) is 0 Å². The van der Waals surface area contributed by atoms with E-state index in [0.29, 0.717) is 6.04 Å². The highest BCUT2D eigenvalue weighted by molar-refractivity contribution is 5.39. The summed E-state index contributed by atoms with van der Waals surface area (Å²) in [5, 5.41) is 4.26. The molecule has 5 heteroatoms. The average molecular weight is 224 g/mol. The summed E-state index contributed by atoms with van der Waals surface area (Å²) >= 11 is 0. The number of aromatic nitrogens is 2. The molecule has 0 amide bonds. The highest BCUT2D eigenvalue weighted by Crippen LogP contribution is 2.10. The zero-order valence-electron chi connectivity index (χ0n) is 10.0. The molecule has 0 unspecified atom stereocenters. The molecule has 1 saturated heterocycles. The van der Waals surface area contributed by atoms with Crippen molar-refractivity contribution in [1.29, 1.82) is 0 Å². The Balaban J connectivity index is 1.89. The Bertz CT molecular complexity index is 350. The second-order valence-corrected chi connectivity index (χ2v) is 4.37. The van der Waals surface area contributed by atoms with Crippen molar-refractivity contribution in [3.8, 4) is 0 Å². The lowest BCUT2D eigenvalue weighted by Gasteiger charge is -2.33. The number of nitrogens with two attached hydrogens (primary N) is 1. The molecule has 0 radical (unpaired) electrons. The van der Waals surface area contributed by atoms with Gasteiger partial charge in [-0.1, -0.05) is 0 Å². The second kappa shape index (κ2) is 4.84. The van der Waals surface area contributed by atoms with Gasteiger partial charge >= 0.3 is 0 Å². The van der Waals surface area contributed by atoms with Gasteiger partial charge in [0.1, 0.15) is 0 Å². The molecule has 2 rings (SSSR count). The first-order valence-electron chi connectivity index (χ1n) is 5.78. The molecule has 0 aliphatic carbocycles. The van der Waals surface area contributed by atoms with Gasteiger partial charge in [0.25, 0.3) is 0 Å². The van der Waals surface area contributed by atoms with Crippen molar-refractivity contribution in [3.05, 3.63) is 11.9 Å². The average Bonchev–Trinajstić information content (AvgIpc) is 2.59. The van der Waals surface area contributed by atoms with Crippen LogP contribution in [-0.4, -0.2) is 47.0 Å². The number of rotatable bonds is 3. The van der Waals surface area contributed by atoms with E-state index < -0.39 is 0 Å². The summed E-state index contributed by atoms with van der Waals surface area (Å²) in [7, 11) is 0. The minimum Gasteiger partial charge on any atom is -0.396 e. The standard InChI is InChI=1S/C11H20N4O/c1-9-8-16-6-5-14(9)3-4-15-10(2)11(12)7-13-15/h7,9H,3-6,8,12H2,1-2H3/t9-/m0/s1. The molecule has 2 heterocycles. The van der Waals surface area contributed by atoms with Crippen LogP contribution in [-0.2, 0) is 11.3 Å². The maximum Gasteiger partial charge on any atom is 0.0730 e. The molecule has 1 aliphatic rings. The number of ether oxygens (including phenoxy) is 1. The van der Waals surface area contributed by atoms with Crippen LogP contribution in [0.25, 0.3) is 0 Å². The van der Waals surface area contributed by atoms with Crippen molar-refractivity contribution in [3.63, 3.8) is 0 Å². The van der Waals surface area contributed by atoms with E-state index in [-0.39, 0.29) is 0 Å². The molecule has 1 fully saturated rings. The van der Waals surface area contributed by atoms with Gasteiger partial charge in [-0.05, 0) is 13.8 Å². The van der Waals surface area contributed by atoms with Gasteiger partial charge in [0.2, 0.25) is 0 Å². The quantitative estimate of drug-likeness (QED) is 0.812. The minimum absolute atomic E-state index is 0.502. The Hall–Kier alpha value is -1.07. The van der Waals surface area contributed by atoms with Gasteiger partial charge in [-0.15, -0.1) is 0 Å². The zero-order valence-corrected chi connectivity index (χ0v) is 10.0. The van der Waals surface area contributed by atoms with Crippen LogP contribution in [0, 0.1) is 6.92 Å². The van der Waals surface area contributed by atoms with Crippen LogP contribution >= 0.6 is 0 Å². The Labute approximate surface area is 96.2 Å². The first kappa shape index (κ1) is 11.4. The monoisotopic (exact) mass is 224 g/mol. The molecule has 90 valence electrons. The van der Waals surface area contributed by atoms with Crippen molar-refractivity contribution in [1.82, 2.24) is 14.7 Å². The number of anilines is 1. The van der Waals surface area contributed by atoms with Gasteiger partial charge in [-0.3, -0.25) is 9.58 Å². The highest BCUT2D eigenvalue weighted by atomic mass is 16.5. The van der Waals surface area contributed by atoms with E-state index in [4.69, 9.17) is 10.5 Å². The minimum atomic E-state index is 0.502. The van der Waals surface area contributed by atoms with Gasteiger partial charge in [0.15, 0.2) is 0 Å². The summed E-state index contributed by atoms with van der Waals surface area (Å²) in [5.74, 6) is 0. The third-order valence-electron chi connectivity index (χ3n) is 3.25. The molecule has 1 aliphatic heterocycles. The molecule has 16 heavy (non-hydrogen) atoms. The second-order valence-electron chi connectivity index (χ2n) is 4.37. The lowest BCUT2D eigenvalue weighted by molar-refractivity contribution is -0.00209. The summed E-state index contributed by atoms with van der Waals surface area (Å²) in [6, 6.07) is 0.502. The third-order valence-corrected chi connectivity index (χ3v) is 3.25. The predicted octanol–water partition coefficient (Wildman–Crippen LogP) is 0.494. The predicted molar refractivity (Wildman–Crippen MR) is 63.2 cm³/mol. The van der Waals surface area contributed by atoms with E-state index in [1.54, 1.807) is 6.20 Å². The fraction of sp³-hybridized carbons (Fsp3) is 0.727. The Kier molecular flexibility index (Phi) is 3.46.